The first kappa shape index (κ1) is 22.9. The number of hydrogen-bond donors (Lipinski definition) is 1. The molecule has 0 unspecified atom stereocenters. The van der Waals surface area contributed by atoms with Gasteiger partial charge in [-0.2, -0.15) is 0 Å². The highest BCUT2D eigenvalue weighted by molar-refractivity contribution is 7.98. The van der Waals surface area contributed by atoms with Crippen LogP contribution in [0.25, 0.3) is 10.9 Å². The van der Waals surface area contributed by atoms with Crippen molar-refractivity contribution in [2.75, 3.05) is 14.2 Å². The van der Waals surface area contributed by atoms with Crippen LogP contribution in [-0.2, 0) is 25.1 Å². The van der Waals surface area contributed by atoms with Crippen molar-refractivity contribution in [3.8, 4) is 11.5 Å². The lowest BCUT2D eigenvalue weighted by Gasteiger charge is -2.16. The molecule has 1 aromatic heterocycles. The first-order chi connectivity index (χ1) is 16.1. The van der Waals surface area contributed by atoms with Gasteiger partial charge in [-0.3, -0.25) is 5.41 Å². The molecule has 1 heterocycles. The minimum Gasteiger partial charge on any atom is -0.493 e. The van der Waals surface area contributed by atoms with Crippen LogP contribution in [0.5, 0.6) is 11.5 Å². The Hall–Kier alpha value is -3.25. The van der Waals surface area contributed by atoms with E-state index in [2.05, 4.69) is 43.3 Å². The van der Waals surface area contributed by atoms with E-state index in [1.54, 1.807) is 26.0 Å². The van der Waals surface area contributed by atoms with E-state index in [4.69, 9.17) is 19.9 Å². The van der Waals surface area contributed by atoms with Crippen molar-refractivity contribution < 1.29 is 9.47 Å². The molecule has 4 aromatic rings. The summed E-state index contributed by atoms with van der Waals surface area (Å²) < 4.78 is 12.9. The fourth-order valence-electron chi connectivity index (χ4n) is 3.78. The predicted molar refractivity (Wildman–Crippen MR) is 134 cm³/mol. The number of fused-ring (bicyclic) bond motifs is 1. The number of methoxy groups -OCH3 is 2. The zero-order valence-electron chi connectivity index (χ0n) is 19.3. The Bertz CT molecular complexity index is 1290. The number of hydrogen-bond acceptors (Lipinski definition) is 5. The SMILES string of the molecule is CCc1ccc(CSc2nc3cc(OC)c(OC)cc3c(=N)n2CCc2ccccc2)cc1. The van der Waals surface area contributed by atoms with Crippen molar-refractivity contribution >= 4 is 22.7 Å². The van der Waals surface area contributed by atoms with Crippen LogP contribution in [0.3, 0.4) is 0 Å². The van der Waals surface area contributed by atoms with Gasteiger partial charge in [0.1, 0.15) is 5.49 Å². The molecular weight excluding hydrogens is 430 g/mol. The van der Waals surface area contributed by atoms with E-state index in [-0.39, 0.29) is 0 Å². The molecule has 1 N–H and O–H groups in total. The van der Waals surface area contributed by atoms with Crippen molar-refractivity contribution in [2.45, 2.75) is 37.2 Å². The van der Waals surface area contributed by atoms with Crippen LogP contribution in [0, 0.1) is 5.41 Å². The highest BCUT2D eigenvalue weighted by Crippen LogP contribution is 2.31. The monoisotopic (exact) mass is 459 g/mol. The third-order valence-corrected chi connectivity index (χ3v) is 6.79. The van der Waals surface area contributed by atoms with Crippen LogP contribution >= 0.6 is 11.8 Å². The molecule has 0 radical (unpaired) electrons. The van der Waals surface area contributed by atoms with Gasteiger partial charge in [0.15, 0.2) is 16.7 Å². The zero-order valence-corrected chi connectivity index (χ0v) is 20.1. The maximum atomic E-state index is 8.99. The summed E-state index contributed by atoms with van der Waals surface area (Å²) in [4.78, 5) is 4.95. The van der Waals surface area contributed by atoms with Crippen molar-refractivity contribution in [3.63, 3.8) is 0 Å². The molecule has 0 saturated carbocycles. The van der Waals surface area contributed by atoms with E-state index in [1.807, 2.05) is 34.9 Å². The quantitative estimate of drug-likeness (QED) is 0.260. The van der Waals surface area contributed by atoms with Crippen molar-refractivity contribution in [1.82, 2.24) is 9.55 Å². The third kappa shape index (κ3) is 5.22. The van der Waals surface area contributed by atoms with Crippen LogP contribution in [0.2, 0.25) is 0 Å². The second-order valence-corrected chi connectivity index (χ2v) is 8.76. The number of nitrogens with one attached hydrogen (secondary N) is 1. The summed E-state index contributed by atoms with van der Waals surface area (Å²) in [6.45, 7) is 2.84. The predicted octanol–water partition coefficient (Wildman–Crippen LogP) is 5.63. The van der Waals surface area contributed by atoms with Gasteiger partial charge in [-0.05, 0) is 35.6 Å². The Morgan fingerprint density at radius 3 is 2.21 bits per heavy atom. The molecule has 33 heavy (non-hydrogen) atoms. The fourth-order valence-corrected chi connectivity index (χ4v) is 4.77. The number of aromatic nitrogens is 2. The molecule has 0 spiro atoms. The number of nitrogens with zero attached hydrogens (tertiary/aromatic N) is 2. The maximum absolute atomic E-state index is 8.99. The Morgan fingerprint density at radius 2 is 1.55 bits per heavy atom. The molecule has 170 valence electrons. The number of ether oxygens (including phenoxy) is 2. The Morgan fingerprint density at radius 1 is 0.879 bits per heavy atom. The Balaban J connectivity index is 1.72. The molecular formula is C27H29N3O2S. The minimum absolute atomic E-state index is 0.431. The smallest absolute Gasteiger partial charge is 0.170 e. The number of benzene rings is 3. The highest BCUT2D eigenvalue weighted by atomic mass is 32.2. The lowest BCUT2D eigenvalue weighted by atomic mass is 10.1. The lowest BCUT2D eigenvalue weighted by molar-refractivity contribution is 0.355. The number of aryl methyl sites for hydroxylation is 2. The van der Waals surface area contributed by atoms with Gasteiger partial charge in [-0.15, -0.1) is 0 Å². The molecule has 5 nitrogen and oxygen atoms in total. The summed E-state index contributed by atoms with van der Waals surface area (Å²) >= 11 is 1.66. The summed E-state index contributed by atoms with van der Waals surface area (Å²) in [5.41, 5.74) is 4.98. The zero-order chi connectivity index (χ0) is 23.2. The van der Waals surface area contributed by atoms with Gasteiger partial charge in [0.05, 0.1) is 19.7 Å². The molecule has 0 atom stereocenters. The normalized spacial score (nSPS) is 11.0. The average Bonchev–Trinajstić information content (AvgIpc) is 2.87. The average molecular weight is 460 g/mol. The van der Waals surface area contributed by atoms with Gasteiger partial charge >= 0.3 is 0 Å². The van der Waals surface area contributed by atoms with E-state index in [1.165, 1.54) is 16.7 Å². The van der Waals surface area contributed by atoms with Crippen LogP contribution in [-0.4, -0.2) is 23.8 Å². The summed E-state index contributed by atoms with van der Waals surface area (Å²) in [7, 11) is 3.22. The van der Waals surface area contributed by atoms with Crippen LogP contribution in [0.15, 0.2) is 71.9 Å². The van der Waals surface area contributed by atoms with E-state index < -0.39 is 0 Å². The van der Waals surface area contributed by atoms with E-state index >= 15 is 0 Å². The van der Waals surface area contributed by atoms with Gasteiger partial charge < -0.3 is 14.0 Å². The molecule has 6 heteroatoms. The van der Waals surface area contributed by atoms with E-state index in [0.29, 0.717) is 23.5 Å². The van der Waals surface area contributed by atoms with Gasteiger partial charge in [0.25, 0.3) is 0 Å². The van der Waals surface area contributed by atoms with E-state index in [9.17, 15) is 0 Å². The van der Waals surface area contributed by atoms with Gasteiger partial charge in [-0.25, -0.2) is 4.98 Å². The van der Waals surface area contributed by atoms with Crippen molar-refractivity contribution in [3.05, 3.63) is 88.9 Å². The standard InChI is InChI=1S/C27H29N3O2S/c1-4-19-10-12-21(13-11-19)18-33-27-29-23-17-25(32-3)24(31-2)16-22(23)26(28)30(27)15-14-20-8-6-5-7-9-20/h5-13,16-17,28H,4,14-15,18H2,1-3H3. The van der Waals surface area contributed by atoms with Crippen LogP contribution in [0.4, 0.5) is 0 Å². The molecule has 0 aliphatic carbocycles. The van der Waals surface area contributed by atoms with Crippen LogP contribution in [0.1, 0.15) is 23.6 Å². The molecule has 4 rings (SSSR count). The highest BCUT2D eigenvalue weighted by Gasteiger charge is 2.14. The minimum atomic E-state index is 0.431. The first-order valence-electron chi connectivity index (χ1n) is 11.1. The van der Waals surface area contributed by atoms with Crippen LogP contribution < -0.4 is 15.0 Å². The number of rotatable bonds is 9. The lowest BCUT2D eigenvalue weighted by Crippen LogP contribution is -2.24. The largest absolute Gasteiger partial charge is 0.493 e. The Kier molecular flexibility index (Phi) is 7.35. The Labute approximate surface area is 198 Å². The molecule has 0 bridgehead atoms. The molecule has 0 aliphatic heterocycles. The summed E-state index contributed by atoms with van der Waals surface area (Å²) in [5, 5.41) is 10.6. The second kappa shape index (κ2) is 10.6. The van der Waals surface area contributed by atoms with Gasteiger partial charge in [-0.1, -0.05) is 73.3 Å². The second-order valence-electron chi connectivity index (χ2n) is 7.81. The molecule has 0 aliphatic rings. The van der Waals surface area contributed by atoms with Crippen molar-refractivity contribution in [1.29, 1.82) is 5.41 Å². The van der Waals surface area contributed by atoms with Gasteiger partial charge in [0, 0.05) is 23.8 Å². The van der Waals surface area contributed by atoms with Gasteiger partial charge in [0.2, 0.25) is 0 Å². The van der Waals surface area contributed by atoms with E-state index in [0.717, 1.165) is 34.7 Å². The third-order valence-electron chi connectivity index (χ3n) is 5.74. The summed E-state index contributed by atoms with van der Waals surface area (Å²) in [6, 6.07) is 22.8. The summed E-state index contributed by atoms with van der Waals surface area (Å²) in [5.74, 6) is 2.01. The summed E-state index contributed by atoms with van der Waals surface area (Å²) in [6.07, 6.45) is 1.86. The van der Waals surface area contributed by atoms with Crippen molar-refractivity contribution in [2.24, 2.45) is 0 Å². The number of thioether (sulfide) groups is 1. The topological polar surface area (TPSA) is 60.1 Å². The molecule has 3 aromatic carbocycles. The fraction of sp³-hybridized carbons (Fsp3) is 0.259. The first-order valence-corrected chi connectivity index (χ1v) is 12.1. The molecule has 0 saturated heterocycles. The maximum Gasteiger partial charge on any atom is 0.170 e. The molecule has 0 amide bonds. The molecule has 0 fully saturated rings.